The van der Waals surface area contributed by atoms with Crippen molar-refractivity contribution in [2.24, 2.45) is 0 Å². The Bertz CT molecular complexity index is 310. The number of aliphatic hydroxyl groups excluding tert-OH is 2. The third-order valence-corrected chi connectivity index (χ3v) is 2.40. The van der Waals surface area contributed by atoms with Crippen LogP contribution in [0.4, 0.5) is 0 Å². The summed E-state index contributed by atoms with van der Waals surface area (Å²) >= 11 is 5.87. The third-order valence-electron chi connectivity index (χ3n) is 2.18. The van der Waals surface area contributed by atoms with E-state index in [0.717, 1.165) is 5.56 Å². The van der Waals surface area contributed by atoms with E-state index in [2.05, 4.69) is 5.32 Å². The van der Waals surface area contributed by atoms with Crippen LogP contribution < -0.4 is 5.32 Å². The van der Waals surface area contributed by atoms with Crippen LogP contribution in [0.1, 0.15) is 17.2 Å². The molecule has 84 valence electrons. The predicted octanol–water partition coefficient (Wildman–Crippen LogP) is 1.26. The highest BCUT2D eigenvalue weighted by molar-refractivity contribution is 6.30. The Morgan fingerprint density at radius 2 is 2.00 bits per heavy atom. The fourth-order valence-corrected chi connectivity index (χ4v) is 1.78. The van der Waals surface area contributed by atoms with Crippen molar-refractivity contribution in [3.8, 4) is 0 Å². The fourth-order valence-electron chi connectivity index (χ4n) is 1.48. The fraction of sp³-hybridized carbons (Fsp3) is 0.455. The summed E-state index contributed by atoms with van der Waals surface area (Å²) in [6, 6.07) is 5.29. The minimum Gasteiger partial charge on any atom is -0.389 e. The molecule has 1 aromatic carbocycles. The number of hydrogen-bond donors (Lipinski definition) is 3. The minimum atomic E-state index is -0.908. The average molecular weight is 230 g/mol. The summed E-state index contributed by atoms with van der Waals surface area (Å²) in [4.78, 5) is 0. The molecule has 0 heterocycles. The number of benzene rings is 1. The maximum Gasteiger partial charge on any atom is 0.106 e. The lowest BCUT2D eigenvalue weighted by atomic mass is 10.0. The van der Waals surface area contributed by atoms with Gasteiger partial charge in [-0.1, -0.05) is 17.7 Å². The van der Waals surface area contributed by atoms with E-state index < -0.39 is 12.2 Å². The summed E-state index contributed by atoms with van der Waals surface area (Å²) in [5.41, 5.74) is 1.61. The summed E-state index contributed by atoms with van der Waals surface area (Å²) in [5, 5.41) is 22.8. The molecule has 15 heavy (non-hydrogen) atoms. The normalized spacial score (nSPS) is 15.0. The first kappa shape index (κ1) is 12.5. The van der Waals surface area contributed by atoms with E-state index in [1.165, 1.54) is 0 Å². The molecule has 3 N–H and O–H groups in total. The van der Waals surface area contributed by atoms with Crippen molar-refractivity contribution >= 4 is 11.6 Å². The van der Waals surface area contributed by atoms with Crippen LogP contribution in [-0.2, 0) is 0 Å². The third kappa shape index (κ3) is 3.47. The van der Waals surface area contributed by atoms with Gasteiger partial charge in [0.25, 0.3) is 0 Å². The van der Waals surface area contributed by atoms with Gasteiger partial charge in [0.15, 0.2) is 0 Å². The zero-order chi connectivity index (χ0) is 11.4. The van der Waals surface area contributed by atoms with Crippen LogP contribution in [0.25, 0.3) is 0 Å². The Hall–Kier alpha value is -0.610. The maximum absolute atomic E-state index is 9.82. The zero-order valence-corrected chi connectivity index (χ0v) is 9.62. The Morgan fingerprint density at radius 3 is 2.53 bits per heavy atom. The van der Waals surface area contributed by atoms with Crippen molar-refractivity contribution in [1.82, 2.24) is 5.32 Å². The standard InChI is InChI=1S/C11H16ClNO2/c1-7-3-8(5-9(12)4-7)11(15)10(14)6-13-2/h3-5,10-11,13-15H,6H2,1-2H3. The number of aryl methyl sites for hydroxylation is 1. The summed E-state index contributed by atoms with van der Waals surface area (Å²) in [7, 11) is 1.72. The molecule has 0 amide bonds. The molecule has 1 aromatic rings. The van der Waals surface area contributed by atoms with Gasteiger partial charge in [0.2, 0.25) is 0 Å². The van der Waals surface area contributed by atoms with Gasteiger partial charge in [-0.3, -0.25) is 0 Å². The molecule has 0 aromatic heterocycles. The van der Waals surface area contributed by atoms with E-state index in [4.69, 9.17) is 11.6 Å². The molecule has 0 bridgehead atoms. The predicted molar refractivity (Wildman–Crippen MR) is 61.1 cm³/mol. The van der Waals surface area contributed by atoms with Gasteiger partial charge in [-0.15, -0.1) is 0 Å². The largest absolute Gasteiger partial charge is 0.389 e. The SMILES string of the molecule is CNCC(O)C(O)c1cc(C)cc(Cl)c1. The molecular formula is C11H16ClNO2. The number of hydrogen-bond acceptors (Lipinski definition) is 3. The Balaban J connectivity index is 2.85. The lowest BCUT2D eigenvalue weighted by Crippen LogP contribution is -2.29. The number of nitrogens with one attached hydrogen (secondary N) is 1. The molecule has 0 aliphatic carbocycles. The maximum atomic E-state index is 9.82. The van der Waals surface area contributed by atoms with Crippen LogP contribution in [0.3, 0.4) is 0 Å². The van der Waals surface area contributed by atoms with Crippen molar-refractivity contribution in [3.63, 3.8) is 0 Å². The molecule has 0 radical (unpaired) electrons. The Morgan fingerprint density at radius 1 is 1.33 bits per heavy atom. The van der Waals surface area contributed by atoms with Gasteiger partial charge in [0.05, 0.1) is 6.10 Å². The van der Waals surface area contributed by atoms with Crippen LogP contribution in [0.2, 0.25) is 5.02 Å². The van der Waals surface area contributed by atoms with Gasteiger partial charge in [-0.2, -0.15) is 0 Å². The van der Waals surface area contributed by atoms with Crippen molar-refractivity contribution in [2.75, 3.05) is 13.6 Å². The van der Waals surface area contributed by atoms with E-state index in [-0.39, 0.29) is 0 Å². The Kier molecular flexibility index (Phi) is 4.54. The van der Waals surface area contributed by atoms with E-state index in [0.29, 0.717) is 17.1 Å². The van der Waals surface area contributed by atoms with Gasteiger partial charge in [0.1, 0.15) is 6.10 Å². The first-order valence-corrected chi connectivity index (χ1v) is 5.20. The van der Waals surface area contributed by atoms with Gasteiger partial charge in [-0.25, -0.2) is 0 Å². The lowest BCUT2D eigenvalue weighted by molar-refractivity contribution is 0.0202. The van der Waals surface area contributed by atoms with Crippen LogP contribution in [-0.4, -0.2) is 29.9 Å². The van der Waals surface area contributed by atoms with Crippen molar-refractivity contribution in [2.45, 2.75) is 19.1 Å². The second kappa shape index (κ2) is 5.47. The lowest BCUT2D eigenvalue weighted by Gasteiger charge is -2.18. The smallest absolute Gasteiger partial charge is 0.106 e. The first-order chi connectivity index (χ1) is 7.04. The van der Waals surface area contributed by atoms with Crippen molar-refractivity contribution < 1.29 is 10.2 Å². The van der Waals surface area contributed by atoms with Crippen LogP contribution >= 0.6 is 11.6 Å². The monoisotopic (exact) mass is 229 g/mol. The number of rotatable bonds is 4. The number of likely N-dealkylation sites (N-methyl/N-ethyl adjacent to an activating group) is 1. The second-order valence-electron chi connectivity index (χ2n) is 3.63. The molecule has 0 saturated carbocycles. The van der Waals surface area contributed by atoms with Crippen LogP contribution in [0.5, 0.6) is 0 Å². The topological polar surface area (TPSA) is 52.5 Å². The van der Waals surface area contributed by atoms with Crippen LogP contribution in [0.15, 0.2) is 18.2 Å². The van der Waals surface area contributed by atoms with E-state index >= 15 is 0 Å². The first-order valence-electron chi connectivity index (χ1n) is 4.82. The highest BCUT2D eigenvalue weighted by Crippen LogP contribution is 2.22. The van der Waals surface area contributed by atoms with Crippen LogP contribution in [0, 0.1) is 6.92 Å². The van der Waals surface area contributed by atoms with E-state index in [1.54, 1.807) is 13.1 Å². The molecule has 0 aliphatic heterocycles. The molecule has 1 rings (SSSR count). The quantitative estimate of drug-likeness (QED) is 0.729. The summed E-state index contributed by atoms with van der Waals surface area (Å²) < 4.78 is 0. The number of aliphatic hydroxyl groups is 2. The Labute approximate surface area is 94.7 Å². The molecule has 0 saturated heterocycles. The second-order valence-corrected chi connectivity index (χ2v) is 4.07. The summed E-state index contributed by atoms with van der Waals surface area (Å²) in [6.07, 6.45) is -1.73. The summed E-state index contributed by atoms with van der Waals surface area (Å²) in [6.45, 7) is 2.24. The van der Waals surface area contributed by atoms with Crippen molar-refractivity contribution in [3.05, 3.63) is 34.3 Å². The van der Waals surface area contributed by atoms with Gasteiger partial charge < -0.3 is 15.5 Å². The molecule has 2 atom stereocenters. The minimum absolute atomic E-state index is 0.340. The highest BCUT2D eigenvalue weighted by atomic mass is 35.5. The molecule has 0 aliphatic rings. The van der Waals surface area contributed by atoms with Gasteiger partial charge in [-0.05, 0) is 37.2 Å². The van der Waals surface area contributed by atoms with Crippen molar-refractivity contribution in [1.29, 1.82) is 0 Å². The highest BCUT2D eigenvalue weighted by Gasteiger charge is 2.17. The van der Waals surface area contributed by atoms with E-state index in [9.17, 15) is 10.2 Å². The molecule has 3 nitrogen and oxygen atoms in total. The molecule has 0 fully saturated rings. The average Bonchev–Trinajstić information content (AvgIpc) is 2.15. The van der Waals surface area contributed by atoms with E-state index in [1.807, 2.05) is 19.1 Å². The molecule has 4 heteroatoms. The molecule has 0 spiro atoms. The molecular weight excluding hydrogens is 214 g/mol. The zero-order valence-electron chi connectivity index (χ0n) is 8.87. The van der Waals surface area contributed by atoms with Gasteiger partial charge in [0, 0.05) is 11.6 Å². The number of halogens is 1. The summed E-state index contributed by atoms with van der Waals surface area (Å²) in [5.74, 6) is 0. The van der Waals surface area contributed by atoms with Gasteiger partial charge >= 0.3 is 0 Å². The molecule has 2 unspecified atom stereocenters.